The van der Waals surface area contributed by atoms with Crippen molar-refractivity contribution in [1.29, 1.82) is 0 Å². The van der Waals surface area contributed by atoms with Crippen LogP contribution in [0.5, 0.6) is 11.5 Å². The third-order valence-corrected chi connectivity index (χ3v) is 3.04. The zero-order valence-electron chi connectivity index (χ0n) is 10.7. The number of hydrogen-bond donors (Lipinski definition) is 0. The summed E-state index contributed by atoms with van der Waals surface area (Å²) in [6.07, 6.45) is -4.47. The van der Waals surface area contributed by atoms with E-state index in [2.05, 4.69) is 20.7 Å². The molecule has 0 heterocycles. The lowest BCUT2D eigenvalue weighted by molar-refractivity contribution is -0.170. The van der Waals surface area contributed by atoms with Gasteiger partial charge in [-0.1, -0.05) is 0 Å². The molecule has 0 saturated carbocycles. The van der Waals surface area contributed by atoms with Gasteiger partial charge in [-0.3, -0.25) is 4.79 Å². The predicted molar refractivity (Wildman–Crippen MR) is 68.5 cm³/mol. The van der Waals surface area contributed by atoms with Crippen LogP contribution in [-0.4, -0.2) is 39.4 Å². The largest absolute Gasteiger partial charge is 0.495 e. The van der Waals surface area contributed by atoms with Crippen molar-refractivity contribution in [2.24, 2.45) is 0 Å². The Hall–Kier alpha value is -1.28. The Balaban J connectivity index is 2.85. The first-order valence-electron chi connectivity index (χ1n) is 5.38. The molecular formula is C12H12BrF3O4. The summed E-state index contributed by atoms with van der Waals surface area (Å²) in [4.78, 5) is 11.8. The van der Waals surface area contributed by atoms with Gasteiger partial charge in [0.25, 0.3) is 0 Å². The first kappa shape index (κ1) is 16.8. The highest BCUT2D eigenvalue weighted by Gasteiger charge is 2.28. The van der Waals surface area contributed by atoms with Crippen LogP contribution in [0.3, 0.4) is 0 Å². The molecule has 0 bridgehead atoms. The fourth-order valence-electron chi connectivity index (χ4n) is 1.45. The fraction of sp³-hybridized carbons (Fsp3) is 0.417. The third-order valence-electron chi connectivity index (χ3n) is 2.29. The minimum atomic E-state index is -4.47. The highest BCUT2D eigenvalue weighted by molar-refractivity contribution is 9.10. The lowest BCUT2D eigenvalue weighted by atomic mass is 10.1. The molecule has 0 atom stereocenters. The van der Waals surface area contributed by atoms with E-state index >= 15 is 0 Å². The van der Waals surface area contributed by atoms with Crippen molar-refractivity contribution in [3.63, 3.8) is 0 Å². The van der Waals surface area contributed by atoms with Crippen LogP contribution >= 0.6 is 15.9 Å². The molecular weight excluding hydrogens is 345 g/mol. The molecule has 1 aromatic carbocycles. The summed E-state index contributed by atoms with van der Waals surface area (Å²) in [5, 5.41) is 0. The van der Waals surface area contributed by atoms with Gasteiger partial charge in [0.2, 0.25) is 0 Å². The molecule has 1 rings (SSSR count). The topological polar surface area (TPSA) is 44.8 Å². The van der Waals surface area contributed by atoms with Gasteiger partial charge in [0.05, 0.1) is 19.8 Å². The van der Waals surface area contributed by atoms with E-state index in [1.807, 2.05) is 0 Å². The Bertz CT molecular complexity index is 488. The van der Waals surface area contributed by atoms with E-state index in [-0.39, 0.29) is 11.3 Å². The monoisotopic (exact) mass is 356 g/mol. The van der Waals surface area contributed by atoms with Gasteiger partial charge in [-0.25, -0.2) is 0 Å². The molecule has 0 saturated heterocycles. The first-order chi connectivity index (χ1) is 9.30. The smallest absolute Gasteiger partial charge is 0.411 e. The van der Waals surface area contributed by atoms with Crippen molar-refractivity contribution >= 4 is 21.7 Å². The SMILES string of the molecule is COc1ccc(C(=O)COCC(F)(F)F)c(OC)c1Br. The van der Waals surface area contributed by atoms with Gasteiger partial charge in [0, 0.05) is 0 Å². The van der Waals surface area contributed by atoms with E-state index < -0.39 is 25.2 Å². The number of Topliss-reactive ketones (excluding diaryl/α,β-unsaturated/α-hetero) is 1. The normalized spacial score (nSPS) is 11.3. The summed E-state index contributed by atoms with van der Waals surface area (Å²) in [6.45, 7) is -2.16. The summed E-state index contributed by atoms with van der Waals surface area (Å²) in [5.41, 5.74) is 0.113. The molecule has 112 valence electrons. The number of hydrogen-bond acceptors (Lipinski definition) is 4. The molecule has 4 nitrogen and oxygen atoms in total. The standard InChI is InChI=1S/C12H12BrF3O4/c1-18-9-4-3-7(11(19-2)10(9)13)8(17)5-20-6-12(14,15)16/h3-4H,5-6H2,1-2H3. The zero-order valence-corrected chi connectivity index (χ0v) is 12.3. The quantitative estimate of drug-likeness (QED) is 0.734. The average Bonchev–Trinajstić information content (AvgIpc) is 2.36. The van der Waals surface area contributed by atoms with Crippen LogP contribution in [0.1, 0.15) is 10.4 Å². The Labute approximate surface area is 121 Å². The van der Waals surface area contributed by atoms with Crippen LogP contribution in [0.25, 0.3) is 0 Å². The molecule has 0 spiro atoms. The molecule has 0 radical (unpaired) electrons. The van der Waals surface area contributed by atoms with Gasteiger partial charge >= 0.3 is 6.18 Å². The number of ether oxygens (including phenoxy) is 3. The van der Waals surface area contributed by atoms with Crippen LogP contribution in [-0.2, 0) is 4.74 Å². The summed E-state index contributed by atoms with van der Waals surface area (Å²) in [5.74, 6) is 0.00835. The van der Waals surface area contributed by atoms with Crippen molar-refractivity contribution in [3.8, 4) is 11.5 Å². The molecule has 0 unspecified atom stereocenters. The third kappa shape index (κ3) is 4.38. The van der Waals surface area contributed by atoms with Crippen molar-refractivity contribution in [2.75, 3.05) is 27.4 Å². The van der Waals surface area contributed by atoms with E-state index in [1.54, 1.807) is 0 Å². The van der Waals surface area contributed by atoms with Crippen LogP contribution in [0.2, 0.25) is 0 Å². The van der Waals surface area contributed by atoms with E-state index in [0.717, 1.165) is 0 Å². The summed E-state index contributed by atoms with van der Waals surface area (Å²) < 4.78 is 50.6. The second-order valence-electron chi connectivity index (χ2n) is 3.69. The summed E-state index contributed by atoms with van der Waals surface area (Å²) >= 11 is 3.20. The van der Waals surface area contributed by atoms with E-state index in [1.165, 1.54) is 26.4 Å². The van der Waals surface area contributed by atoms with Crippen molar-refractivity contribution < 1.29 is 32.2 Å². The minimum absolute atomic E-state index is 0.113. The molecule has 0 aliphatic rings. The molecule has 8 heteroatoms. The summed E-state index contributed by atoms with van der Waals surface area (Å²) in [6, 6.07) is 2.91. The van der Waals surface area contributed by atoms with E-state index in [4.69, 9.17) is 9.47 Å². The van der Waals surface area contributed by atoms with Gasteiger partial charge < -0.3 is 14.2 Å². The van der Waals surface area contributed by atoms with Gasteiger partial charge in [0.1, 0.15) is 29.2 Å². The molecule has 0 aliphatic carbocycles. The Morgan fingerprint density at radius 2 is 1.90 bits per heavy atom. The van der Waals surface area contributed by atoms with Crippen LogP contribution in [0, 0.1) is 0 Å². The first-order valence-corrected chi connectivity index (χ1v) is 6.17. The summed E-state index contributed by atoms with van der Waals surface area (Å²) in [7, 11) is 2.78. The number of halogens is 4. The Morgan fingerprint density at radius 3 is 2.40 bits per heavy atom. The maximum absolute atomic E-state index is 11.9. The molecule has 0 N–H and O–H groups in total. The second kappa shape index (κ2) is 6.94. The zero-order chi connectivity index (χ0) is 15.3. The number of carbonyl (C=O) groups is 1. The van der Waals surface area contributed by atoms with Crippen molar-refractivity contribution in [1.82, 2.24) is 0 Å². The number of ketones is 1. The molecule has 0 amide bonds. The molecule has 1 aromatic rings. The van der Waals surface area contributed by atoms with E-state index in [0.29, 0.717) is 10.2 Å². The number of methoxy groups -OCH3 is 2. The molecule has 0 aromatic heterocycles. The lowest BCUT2D eigenvalue weighted by Gasteiger charge is -2.13. The molecule has 0 fully saturated rings. The molecule has 20 heavy (non-hydrogen) atoms. The Morgan fingerprint density at radius 1 is 1.25 bits per heavy atom. The lowest BCUT2D eigenvalue weighted by Crippen LogP contribution is -2.20. The average molecular weight is 357 g/mol. The minimum Gasteiger partial charge on any atom is -0.495 e. The highest BCUT2D eigenvalue weighted by Crippen LogP contribution is 2.37. The number of rotatable bonds is 6. The predicted octanol–water partition coefficient (Wildman–Crippen LogP) is 3.23. The maximum atomic E-state index is 11.9. The number of benzene rings is 1. The molecule has 0 aliphatic heterocycles. The second-order valence-corrected chi connectivity index (χ2v) is 4.49. The van der Waals surface area contributed by atoms with Crippen LogP contribution in [0.15, 0.2) is 16.6 Å². The van der Waals surface area contributed by atoms with Gasteiger partial charge in [-0.2, -0.15) is 13.2 Å². The number of carbonyl (C=O) groups excluding carboxylic acids is 1. The van der Waals surface area contributed by atoms with Crippen LogP contribution in [0.4, 0.5) is 13.2 Å². The van der Waals surface area contributed by atoms with E-state index in [9.17, 15) is 18.0 Å². The van der Waals surface area contributed by atoms with Gasteiger partial charge in [-0.15, -0.1) is 0 Å². The number of alkyl halides is 3. The van der Waals surface area contributed by atoms with Gasteiger partial charge in [-0.05, 0) is 28.1 Å². The van der Waals surface area contributed by atoms with Crippen LogP contribution < -0.4 is 9.47 Å². The van der Waals surface area contributed by atoms with Crippen molar-refractivity contribution in [2.45, 2.75) is 6.18 Å². The van der Waals surface area contributed by atoms with Crippen molar-refractivity contribution in [3.05, 3.63) is 22.2 Å². The highest BCUT2D eigenvalue weighted by atomic mass is 79.9. The maximum Gasteiger partial charge on any atom is 0.411 e. The Kier molecular flexibility index (Phi) is 5.82. The fourth-order valence-corrected chi connectivity index (χ4v) is 2.12. The van der Waals surface area contributed by atoms with Gasteiger partial charge in [0.15, 0.2) is 5.78 Å².